The van der Waals surface area contributed by atoms with Crippen LogP contribution in [0.2, 0.25) is 0 Å². The van der Waals surface area contributed by atoms with Crippen LogP contribution in [-0.2, 0) is 6.54 Å². The third kappa shape index (κ3) is 6.34. The number of hydrogen-bond donors (Lipinski definition) is 2. The number of hydrogen-bond acceptors (Lipinski definition) is 3. The average molecular weight is 455 g/mol. The van der Waals surface area contributed by atoms with E-state index in [0.717, 1.165) is 30.4 Å². The van der Waals surface area contributed by atoms with E-state index in [1.807, 2.05) is 32.1 Å². The zero-order valence-electron chi connectivity index (χ0n) is 15.7. The van der Waals surface area contributed by atoms with Gasteiger partial charge >= 0.3 is 0 Å². The summed E-state index contributed by atoms with van der Waals surface area (Å²) in [6, 6.07) is 10.4. The molecule has 6 heteroatoms. The van der Waals surface area contributed by atoms with Crippen LogP contribution in [0.15, 0.2) is 35.3 Å². The summed E-state index contributed by atoms with van der Waals surface area (Å²) >= 11 is 0. The molecular formula is C19H30IN5. The molecule has 0 fully saturated rings. The van der Waals surface area contributed by atoms with Gasteiger partial charge in [-0.25, -0.2) is 4.98 Å². The van der Waals surface area contributed by atoms with Gasteiger partial charge < -0.3 is 15.5 Å². The Morgan fingerprint density at radius 1 is 1.16 bits per heavy atom. The Labute approximate surface area is 168 Å². The van der Waals surface area contributed by atoms with Gasteiger partial charge in [0.2, 0.25) is 0 Å². The van der Waals surface area contributed by atoms with Crippen molar-refractivity contribution >= 4 is 46.7 Å². The van der Waals surface area contributed by atoms with E-state index in [2.05, 4.69) is 46.8 Å². The second-order valence-electron chi connectivity index (χ2n) is 6.11. The van der Waals surface area contributed by atoms with E-state index >= 15 is 0 Å². The number of para-hydroxylation sites is 1. The average Bonchev–Trinajstić information content (AvgIpc) is 2.60. The third-order valence-corrected chi connectivity index (χ3v) is 3.99. The molecular weight excluding hydrogens is 425 g/mol. The molecule has 0 atom stereocenters. The normalized spacial score (nSPS) is 11.1. The molecule has 25 heavy (non-hydrogen) atoms. The molecule has 0 aliphatic rings. The molecule has 1 aromatic heterocycles. The summed E-state index contributed by atoms with van der Waals surface area (Å²) in [4.78, 5) is 11.0. The predicted octanol–water partition coefficient (Wildman–Crippen LogP) is 3.77. The zero-order chi connectivity index (χ0) is 17.4. The maximum absolute atomic E-state index is 4.70. The number of unbranched alkanes of at least 4 members (excludes halogenated alkanes) is 2. The molecule has 0 amide bonds. The smallest absolute Gasteiger partial charge is 0.191 e. The predicted molar refractivity (Wildman–Crippen MR) is 119 cm³/mol. The monoisotopic (exact) mass is 455 g/mol. The number of halogens is 1. The van der Waals surface area contributed by atoms with Crippen molar-refractivity contribution in [2.75, 3.05) is 32.6 Å². The highest BCUT2D eigenvalue weighted by Crippen LogP contribution is 2.21. The lowest BCUT2D eigenvalue weighted by molar-refractivity contribution is 0.683. The number of nitrogens with one attached hydrogen (secondary N) is 2. The molecule has 0 spiro atoms. The van der Waals surface area contributed by atoms with E-state index in [1.165, 1.54) is 30.2 Å². The minimum atomic E-state index is 0. The summed E-state index contributed by atoms with van der Waals surface area (Å²) in [5.74, 6) is 1.81. The van der Waals surface area contributed by atoms with Gasteiger partial charge in [0.15, 0.2) is 5.96 Å². The second-order valence-corrected chi connectivity index (χ2v) is 6.11. The van der Waals surface area contributed by atoms with Crippen molar-refractivity contribution in [2.45, 2.75) is 32.7 Å². The molecule has 2 rings (SSSR count). The largest absolute Gasteiger partial charge is 0.363 e. The summed E-state index contributed by atoms with van der Waals surface area (Å²) in [6.07, 6.45) is 3.63. The van der Waals surface area contributed by atoms with Gasteiger partial charge in [-0.05, 0) is 24.1 Å². The number of nitrogens with zero attached hydrogens (tertiary/aromatic N) is 3. The Balaban J connectivity index is 0.00000312. The minimum absolute atomic E-state index is 0. The molecule has 0 saturated heterocycles. The van der Waals surface area contributed by atoms with Gasteiger partial charge in [-0.1, -0.05) is 38.0 Å². The number of guanidine groups is 1. The van der Waals surface area contributed by atoms with Gasteiger partial charge in [0.1, 0.15) is 5.82 Å². The van der Waals surface area contributed by atoms with E-state index in [9.17, 15) is 0 Å². The molecule has 0 bridgehead atoms. The van der Waals surface area contributed by atoms with Gasteiger partial charge in [0.25, 0.3) is 0 Å². The van der Waals surface area contributed by atoms with Crippen LogP contribution in [0.3, 0.4) is 0 Å². The highest BCUT2D eigenvalue weighted by molar-refractivity contribution is 14.0. The van der Waals surface area contributed by atoms with Crippen molar-refractivity contribution in [3.8, 4) is 0 Å². The standard InChI is InChI=1S/C19H29N5.HI/c1-5-6-9-12-21-19(20-2)22-14-15-13-18(24(3)4)23-17-11-8-7-10-16(15)17;/h7-8,10-11,13H,5-6,9,12,14H2,1-4H3,(H2,20,21,22);1H. The number of aromatic nitrogens is 1. The number of anilines is 1. The van der Waals surface area contributed by atoms with Crippen molar-refractivity contribution in [1.29, 1.82) is 0 Å². The van der Waals surface area contributed by atoms with Crippen molar-refractivity contribution in [3.63, 3.8) is 0 Å². The fourth-order valence-corrected chi connectivity index (χ4v) is 2.59. The van der Waals surface area contributed by atoms with Crippen LogP contribution in [0.4, 0.5) is 5.82 Å². The lowest BCUT2D eigenvalue weighted by atomic mass is 10.1. The van der Waals surface area contributed by atoms with E-state index in [1.54, 1.807) is 0 Å². The first-order chi connectivity index (χ1) is 11.7. The number of pyridine rings is 1. The minimum Gasteiger partial charge on any atom is -0.363 e. The van der Waals surface area contributed by atoms with Crippen molar-refractivity contribution in [1.82, 2.24) is 15.6 Å². The molecule has 138 valence electrons. The molecule has 0 aliphatic heterocycles. The van der Waals surface area contributed by atoms with Crippen LogP contribution in [0.25, 0.3) is 10.9 Å². The Kier molecular flexibility index (Phi) is 9.55. The Hall–Kier alpha value is -1.57. The van der Waals surface area contributed by atoms with E-state index in [-0.39, 0.29) is 24.0 Å². The Morgan fingerprint density at radius 3 is 2.60 bits per heavy atom. The van der Waals surface area contributed by atoms with Crippen LogP contribution in [0, 0.1) is 0 Å². The van der Waals surface area contributed by atoms with E-state index in [0.29, 0.717) is 0 Å². The summed E-state index contributed by atoms with van der Waals surface area (Å²) < 4.78 is 0. The molecule has 2 N–H and O–H groups in total. The molecule has 0 saturated carbocycles. The van der Waals surface area contributed by atoms with Crippen molar-refractivity contribution < 1.29 is 0 Å². The first kappa shape index (κ1) is 21.5. The van der Waals surface area contributed by atoms with Gasteiger partial charge in [-0.2, -0.15) is 0 Å². The lowest BCUT2D eigenvalue weighted by Crippen LogP contribution is -2.37. The summed E-state index contributed by atoms with van der Waals surface area (Å²) in [7, 11) is 5.84. The number of benzene rings is 1. The fourth-order valence-electron chi connectivity index (χ4n) is 2.59. The number of fused-ring (bicyclic) bond motifs is 1. The van der Waals surface area contributed by atoms with Gasteiger partial charge in [-0.3, -0.25) is 4.99 Å². The molecule has 1 heterocycles. The second kappa shape index (κ2) is 11.1. The molecule has 0 radical (unpaired) electrons. The third-order valence-electron chi connectivity index (χ3n) is 3.99. The van der Waals surface area contributed by atoms with Crippen LogP contribution in [0.5, 0.6) is 0 Å². The summed E-state index contributed by atoms with van der Waals surface area (Å²) in [5.41, 5.74) is 2.24. The maximum atomic E-state index is 4.70. The fraction of sp³-hybridized carbons (Fsp3) is 0.474. The van der Waals surface area contributed by atoms with Gasteiger partial charge in [0.05, 0.1) is 5.52 Å². The SMILES string of the molecule is CCCCCNC(=NC)NCc1cc(N(C)C)nc2ccccc12.I. The van der Waals surface area contributed by atoms with Crippen molar-refractivity contribution in [2.24, 2.45) is 4.99 Å². The van der Waals surface area contributed by atoms with Crippen molar-refractivity contribution in [3.05, 3.63) is 35.9 Å². The van der Waals surface area contributed by atoms with Gasteiger partial charge in [0, 0.05) is 39.6 Å². The highest BCUT2D eigenvalue weighted by atomic mass is 127. The van der Waals surface area contributed by atoms with Crippen LogP contribution in [0.1, 0.15) is 31.7 Å². The molecule has 0 unspecified atom stereocenters. The summed E-state index contributed by atoms with van der Waals surface area (Å²) in [5, 5.41) is 7.96. The first-order valence-corrected chi connectivity index (χ1v) is 8.66. The highest BCUT2D eigenvalue weighted by Gasteiger charge is 2.07. The van der Waals surface area contributed by atoms with Crippen LogP contribution >= 0.6 is 24.0 Å². The lowest BCUT2D eigenvalue weighted by Gasteiger charge is -2.17. The molecule has 0 aliphatic carbocycles. The van der Waals surface area contributed by atoms with Crippen LogP contribution < -0.4 is 15.5 Å². The number of rotatable bonds is 7. The number of aliphatic imine (C=N–C) groups is 1. The first-order valence-electron chi connectivity index (χ1n) is 8.66. The van der Waals surface area contributed by atoms with E-state index < -0.39 is 0 Å². The molecule has 1 aromatic carbocycles. The maximum Gasteiger partial charge on any atom is 0.191 e. The molecule has 2 aromatic rings. The Morgan fingerprint density at radius 2 is 1.92 bits per heavy atom. The van der Waals surface area contributed by atoms with Crippen LogP contribution in [-0.4, -0.2) is 38.6 Å². The molecule has 5 nitrogen and oxygen atoms in total. The topological polar surface area (TPSA) is 52.6 Å². The zero-order valence-corrected chi connectivity index (χ0v) is 18.0. The van der Waals surface area contributed by atoms with Gasteiger partial charge in [-0.15, -0.1) is 24.0 Å². The quantitative estimate of drug-likeness (QED) is 0.289. The van der Waals surface area contributed by atoms with E-state index in [4.69, 9.17) is 4.98 Å². The summed E-state index contributed by atoms with van der Waals surface area (Å²) in [6.45, 7) is 3.88. The Bertz CT molecular complexity index is 685.